The van der Waals surface area contributed by atoms with Gasteiger partial charge in [0.05, 0.1) is 18.5 Å². The Hall–Kier alpha value is -3.43. The second-order valence-electron chi connectivity index (χ2n) is 8.28. The lowest BCUT2D eigenvalue weighted by atomic mass is 9.90. The second kappa shape index (κ2) is 8.84. The normalized spacial score (nSPS) is 15.8. The van der Waals surface area contributed by atoms with Gasteiger partial charge in [-0.15, -0.1) is 0 Å². The van der Waals surface area contributed by atoms with Crippen LogP contribution < -0.4 is 4.72 Å². The topological polar surface area (TPSA) is 103 Å². The van der Waals surface area contributed by atoms with E-state index >= 15 is 0 Å². The molecule has 4 aromatic rings. The number of pyridine rings is 1. The van der Waals surface area contributed by atoms with Gasteiger partial charge in [0.1, 0.15) is 5.69 Å². The Morgan fingerprint density at radius 1 is 1.09 bits per heavy atom. The van der Waals surface area contributed by atoms with Crippen LogP contribution in [0.3, 0.4) is 0 Å². The average Bonchev–Trinajstić information content (AvgIpc) is 3.26. The molecule has 1 unspecified atom stereocenters. The van der Waals surface area contributed by atoms with Gasteiger partial charge in [-0.05, 0) is 30.5 Å². The maximum atomic E-state index is 11.8. The van der Waals surface area contributed by atoms with Crippen molar-refractivity contribution in [2.24, 2.45) is 0 Å². The largest absolute Gasteiger partial charge is 0.268 e. The lowest BCUT2D eigenvalue weighted by Crippen LogP contribution is -2.38. The molecule has 0 radical (unpaired) electrons. The molecule has 0 saturated carbocycles. The van der Waals surface area contributed by atoms with E-state index in [2.05, 4.69) is 9.71 Å². The zero-order chi connectivity index (χ0) is 22.8. The molecule has 1 aromatic carbocycles. The number of hydrogen-bond acceptors (Lipinski definition) is 6. The summed E-state index contributed by atoms with van der Waals surface area (Å²) < 4.78 is 28.2. The molecule has 0 saturated heterocycles. The number of benzene rings is 1. The summed E-state index contributed by atoms with van der Waals surface area (Å²) in [7, 11) is -3.29. The predicted octanol–water partition coefficient (Wildman–Crippen LogP) is 2.86. The maximum absolute atomic E-state index is 11.8. The van der Waals surface area contributed by atoms with Crippen LogP contribution in [0.2, 0.25) is 0 Å². The number of aromatic nitrogens is 5. The van der Waals surface area contributed by atoms with Gasteiger partial charge in [0.2, 0.25) is 10.0 Å². The summed E-state index contributed by atoms with van der Waals surface area (Å²) in [6.45, 7) is 0.618. The van der Waals surface area contributed by atoms with Crippen molar-refractivity contribution in [1.29, 1.82) is 0 Å². The van der Waals surface area contributed by atoms with E-state index in [4.69, 9.17) is 15.1 Å². The second-order valence-corrected chi connectivity index (χ2v) is 10.1. The Balaban J connectivity index is 1.54. The van der Waals surface area contributed by atoms with Gasteiger partial charge in [0, 0.05) is 47.9 Å². The summed E-state index contributed by atoms with van der Waals surface area (Å²) in [5, 5.41) is 4.78. The van der Waals surface area contributed by atoms with Crippen LogP contribution >= 0.6 is 0 Å². The molecule has 3 aromatic heterocycles. The molecule has 1 aliphatic carbocycles. The highest BCUT2D eigenvalue weighted by atomic mass is 32.2. The van der Waals surface area contributed by atoms with Crippen molar-refractivity contribution >= 4 is 10.0 Å². The van der Waals surface area contributed by atoms with E-state index in [0.29, 0.717) is 31.6 Å². The number of fused-ring (bicyclic) bond motifs is 1. The van der Waals surface area contributed by atoms with Gasteiger partial charge < -0.3 is 0 Å². The highest BCUT2D eigenvalue weighted by molar-refractivity contribution is 7.88. The Bertz CT molecular complexity index is 1370. The molecule has 0 amide bonds. The van der Waals surface area contributed by atoms with Gasteiger partial charge in [-0.25, -0.2) is 23.1 Å². The number of hydrogen-bond donors (Lipinski definition) is 1. The van der Waals surface area contributed by atoms with E-state index in [-0.39, 0.29) is 6.04 Å². The first-order valence-corrected chi connectivity index (χ1v) is 12.7. The van der Waals surface area contributed by atoms with Gasteiger partial charge in [-0.1, -0.05) is 36.4 Å². The predicted molar refractivity (Wildman–Crippen MR) is 126 cm³/mol. The van der Waals surface area contributed by atoms with E-state index < -0.39 is 10.0 Å². The molecule has 5 rings (SSSR count). The van der Waals surface area contributed by atoms with Crippen LogP contribution in [-0.4, -0.2) is 45.4 Å². The van der Waals surface area contributed by atoms with E-state index in [0.717, 1.165) is 33.8 Å². The van der Waals surface area contributed by atoms with Crippen molar-refractivity contribution in [1.82, 2.24) is 29.5 Å². The van der Waals surface area contributed by atoms with Crippen molar-refractivity contribution < 1.29 is 8.42 Å². The van der Waals surface area contributed by atoms with Gasteiger partial charge in [0.15, 0.2) is 5.82 Å². The van der Waals surface area contributed by atoms with Crippen molar-refractivity contribution in [3.63, 3.8) is 0 Å². The minimum absolute atomic E-state index is 0.179. The smallest absolute Gasteiger partial charge is 0.208 e. The molecule has 1 aliphatic rings. The number of nitrogens with one attached hydrogen (secondary N) is 1. The van der Waals surface area contributed by atoms with Crippen LogP contribution in [0.15, 0.2) is 67.1 Å². The van der Waals surface area contributed by atoms with Crippen LogP contribution in [-0.2, 0) is 29.4 Å². The molecule has 33 heavy (non-hydrogen) atoms. The molecule has 1 N–H and O–H groups in total. The third kappa shape index (κ3) is 4.99. The number of rotatable bonds is 6. The minimum Gasteiger partial charge on any atom is -0.268 e. The Morgan fingerprint density at radius 3 is 2.70 bits per heavy atom. The minimum atomic E-state index is -3.29. The Morgan fingerprint density at radius 2 is 1.94 bits per heavy atom. The first-order chi connectivity index (χ1) is 15.9. The monoisotopic (exact) mass is 460 g/mol. The quantitative estimate of drug-likeness (QED) is 0.475. The molecular weight excluding hydrogens is 436 g/mol. The van der Waals surface area contributed by atoms with Gasteiger partial charge in [-0.2, -0.15) is 5.10 Å². The van der Waals surface area contributed by atoms with Crippen LogP contribution in [0.4, 0.5) is 0 Å². The zero-order valence-electron chi connectivity index (χ0n) is 18.2. The van der Waals surface area contributed by atoms with Gasteiger partial charge in [-0.3, -0.25) is 9.67 Å². The third-order valence-electron chi connectivity index (χ3n) is 5.64. The van der Waals surface area contributed by atoms with Gasteiger partial charge in [0.25, 0.3) is 0 Å². The van der Waals surface area contributed by atoms with Crippen LogP contribution in [0, 0.1) is 0 Å². The zero-order valence-corrected chi connectivity index (χ0v) is 19.0. The molecule has 8 nitrogen and oxygen atoms in total. The summed E-state index contributed by atoms with van der Waals surface area (Å²) in [6.07, 6.45) is 8.61. The SMILES string of the molecule is CS(=O)(=O)NC1CCc2c(nc(-c3ccccc3)nc2-c2ccn(Cc3cccnc3)n2)C1. The lowest BCUT2D eigenvalue weighted by Gasteiger charge is -2.25. The Kier molecular flexibility index (Phi) is 5.74. The summed E-state index contributed by atoms with van der Waals surface area (Å²) in [5.74, 6) is 0.617. The Labute approximate surface area is 192 Å². The van der Waals surface area contributed by atoms with Crippen molar-refractivity contribution in [2.75, 3.05) is 6.26 Å². The van der Waals surface area contributed by atoms with Crippen LogP contribution in [0.5, 0.6) is 0 Å². The standard InChI is InChI=1S/C24H24N6O2S/c1-33(31,32)29-19-9-10-20-22(14-19)26-24(18-7-3-2-4-8-18)27-23(20)21-11-13-30(28-21)16-17-6-5-12-25-15-17/h2-8,11-13,15,19,29H,9-10,14,16H2,1H3. The van der Waals surface area contributed by atoms with E-state index in [9.17, 15) is 8.42 Å². The first kappa shape index (κ1) is 21.4. The molecule has 1 atom stereocenters. The van der Waals surface area contributed by atoms with Crippen molar-refractivity contribution in [3.05, 3.63) is 83.9 Å². The summed E-state index contributed by atoms with van der Waals surface area (Å²) in [5.41, 5.74) is 5.47. The molecule has 3 heterocycles. The molecule has 0 fully saturated rings. The first-order valence-electron chi connectivity index (χ1n) is 10.8. The highest BCUT2D eigenvalue weighted by Crippen LogP contribution is 2.31. The number of nitrogens with zero attached hydrogens (tertiary/aromatic N) is 5. The number of sulfonamides is 1. The lowest BCUT2D eigenvalue weighted by molar-refractivity contribution is 0.504. The summed E-state index contributed by atoms with van der Waals surface area (Å²) in [6, 6.07) is 15.5. The molecule has 0 aliphatic heterocycles. The van der Waals surface area contributed by atoms with Crippen LogP contribution in [0.25, 0.3) is 22.8 Å². The van der Waals surface area contributed by atoms with Crippen molar-refractivity contribution in [2.45, 2.75) is 31.8 Å². The average molecular weight is 461 g/mol. The van der Waals surface area contributed by atoms with Gasteiger partial charge >= 0.3 is 0 Å². The fourth-order valence-corrected chi connectivity index (χ4v) is 5.01. The van der Waals surface area contributed by atoms with E-state index in [1.54, 1.807) is 6.20 Å². The summed E-state index contributed by atoms with van der Waals surface area (Å²) in [4.78, 5) is 13.9. The highest BCUT2D eigenvalue weighted by Gasteiger charge is 2.27. The molecule has 0 spiro atoms. The third-order valence-corrected chi connectivity index (χ3v) is 6.40. The fraction of sp³-hybridized carbons (Fsp3) is 0.250. The van der Waals surface area contributed by atoms with Crippen molar-refractivity contribution in [3.8, 4) is 22.8 Å². The van der Waals surface area contributed by atoms with E-state index in [1.165, 1.54) is 6.26 Å². The summed E-state index contributed by atoms with van der Waals surface area (Å²) >= 11 is 0. The maximum Gasteiger partial charge on any atom is 0.208 e. The van der Waals surface area contributed by atoms with E-state index in [1.807, 2.05) is 65.6 Å². The molecule has 168 valence electrons. The molecular formula is C24H24N6O2S. The van der Waals surface area contributed by atoms with Crippen LogP contribution in [0.1, 0.15) is 23.2 Å². The molecule has 0 bridgehead atoms. The fourth-order valence-electron chi connectivity index (χ4n) is 4.20. The molecule has 9 heteroatoms.